The van der Waals surface area contributed by atoms with Gasteiger partial charge in [0.25, 0.3) is 0 Å². The van der Waals surface area contributed by atoms with Gasteiger partial charge in [-0.25, -0.2) is 17.6 Å². The lowest BCUT2D eigenvalue weighted by atomic mass is 9.86. The van der Waals surface area contributed by atoms with Gasteiger partial charge in [0.05, 0.1) is 17.7 Å². The van der Waals surface area contributed by atoms with Crippen LogP contribution in [0.4, 0.5) is 43.9 Å². The molecular formula is C84H107Cl3F10O2. The van der Waals surface area contributed by atoms with Crippen molar-refractivity contribution in [2.24, 2.45) is 0 Å². The quantitative estimate of drug-likeness (QED) is 0.161. The molecule has 2 nitrogen and oxygen atoms in total. The monoisotopic (exact) mass is 1440 g/mol. The lowest BCUT2D eigenvalue weighted by molar-refractivity contribution is -0.274. The first-order valence-electron chi connectivity index (χ1n) is 32.5. The summed E-state index contributed by atoms with van der Waals surface area (Å²) in [4.78, 5) is 0. The van der Waals surface area contributed by atoms with Crippen LogP contribution in [0.2, 0.25) is 15.1 Å². The van der Waals surface area contributed by atoms with Crippen molar-refractivity contribution in [3.05, 3.63) is 270 Å². The lowest BCUT2D eigenvalue weighted by Crippen LogP contribution is -2.17. The van der Waals surface area contributed by atoms with Crippen LogP contribution in [-0.2, 0) is 49.5 Å². The summed E-state index contributed by atoms with van der Waals surface area (Å²) < 4.78 is 133. The molecule has 0 N–H and O–H groups in total. The molecule has 0 bridgehead atoms. The molecule has 0 amide bonds. The zero-order chi connectivity index (χ0) is 76.9. The normalized spacial score (nSPS) is 12.0. The van der Waals surface area contributed by atoms with Gasteiger partial charge >= 0.3 is 12.5 Å². The minimum atomic E-state index is -4.62. The molecule has 8 rings (SSSR count). The number of ether oxygens (including phenoxy) is 2. The molecule has 0 atom stereocenters. The number of alkyl halides is 6. The first-order valence-corrected chi connectivity index (χ1v) is 33.7. The van der Waals surface area contributed by atoms with Crippen LogP contribution in [0.15, 0.2) is 176 Å². The zero-order valence-electron chi connectivity index (χ0n) is 63.0. The average molecular weight is 1450 g/mol. The van der Waals surface area contributed by atoms with Gasteiger partial charge in [-0.15, -0.1) is 13.2 Å². The highest BCUT2D eigenvalue weighted by Crippen LogP contribution is 2.34. The van der Waals surface area contributed by atoms with E-state index in [2.05, 4.69) is 112 Å². The molecule has 0 saturated heterocycles. The third kappa shape index (κ3) is 35.6. The standard InChI is InChI=1S/C11H13F3O.C11H13F3.C11H15F.C11H16O.2C10H12ClF.C10H13Cl.C10H13F/c1-10(2,3)8-4-6-9(7-5-8)15-11(12,13)14;1-10(2,3)8-4-6-9(7-5-8)11(12,13)14;1-8-7-9(11(2,3)4)5-6-10(8)12;1-11(2,3)9-5-7-10(12-4)8-6-9;1-10(2,3)8-5-4-7(11)6-9(8)12;1-10(2,3)7-4-5-8(11)9(12)6-7;2*1-10(2,3)8-4-6-9(11)7-5-8/h4-7H,1-3H3;4-7H,1-3H3;5-7H,1-4H3;5-8H,1-4H3;2*4-6H,1-3H3;2*4-7H,1-3H3. The maximum Gasteiger partial charge on any atom is 0.573 e. The number of aryl methyl sites for hydroxylation is 1. The summed E-state index contributed by atoms with van der Waals surface area (Å²) in [6, 6.07) is 49.2. The zero-order valence-corrected chi connectivity index (χ0v) is 65.2. The summed E-state index contributed by atoms with van der Waals surface area (Å²) in [7, 11) is 1.69. The predicted octanol–water partition coefficient (Wildman–Crippen LogP) is 28.6. The Bertz CT molecular complexity index is 3500. The third-order valence-corrected chi connectivity index (χ3v) is 15.8. The van der Waals surface area contributed by atoms with E-state index >= 15 is 0 Å². The Morgan fingerprint density at radius 2 is 0.586 bits per heavy atom. The first kappa shape index (κ1) is 90.5. The second-order valence-electron chi connectivity index (χ2n) is 32.1. The Balaban J connectivity index is 0.000000567. The minimum absolute atomic E-state index is 0.0224. The van der Waals surface area contributed by atoms with Crippen molar-refractivity contribution in [2.75, 3.05) is 7.11 Å². The minimum Gasteiger partial charge on any atom is -0.497 e. The van der Waals surface area contributed by atoms with Crippen LogP contribution in [0, 0.1) is 30.2 Å². The van der Waals surface area contributed by atoms with Gasteiger partial charge in [0.2, 0.25) is 0 Å². The molecule has 546 valence electrons. The van der Waals surface area contributed by atoms with E-state index in [1.54, 1.807) is 44.4 Å². The molecule has 99 heavy (non-hydrogen) atoms. The van der Waals surface area contributed by atoms with Gasteiger partial charge in [-0.05, 0) is 191 Å². The van der Waals surface area contributed by atoms with Gasteiger partial charge in [-0.3, -0.25) is 0 Å². The van der Waals surface area contributed by atoms with Crippen molar-refractivity contribution < 1.29 is 53.4 Å². The van der Waals surface area contributed by atoms with Crippen molar-refractivity contribution in [3.8, 4) is 11.5 Å². The van der Waals surface area contributed by atoms with E-state index in [4.69, 9.17) is 39.5 Å². The molecular weight excluding hydrogens is 1340 g/mol. The summed E-state index contributed by atoms with van der Waals surface area (Å²) in [5, 5.41) is 1.43. The molecule has 0 heterocycles. The van der Waals surface area contributed by atoms with E-state index in [9.17, 15) is 43.9 Å². The average Bonchev–Trinajstić information content (AvgIpc) is 0.887. The molecule has 0 saturated carbocycles. The highest BCUT2D eigenvalue weighted by atomic mass is 35.5. The molecule has 15 heteroatoms. The molecule has 0 radical (unpaired) electrons. The van der Waals surface area contributed by atoms with Crippen LogP contribution in [-0.4, -0.2) is 13.5 Å². The fourth-order valence-electron chi connectivity index (χ4n) is 8.48. The number of hydrogen-bond acceptors (Lipinski definition) is 2. The maximum atomic E-state index is 13.3. The van der Waals surface area contributed by atoms with Crippen LogP contribution in [0.3, 0.4) is 0 Å². The number of benzene rings is 8. The van der Waals surface area contributed by atoms with Gasteiger partial charge in [-0.2, -0.15) is 13.2 Å². The Labute approximate surface area is 602 Å². The van der Waals surface area contributed by atoms with Crippen LogP contribution < -0.4 is 9.47 Å². The van der Waals surface area contributed by atoms with Crippen LogP contribution in [0.1, 0.15) is 222 Å². The summed E-state index contributed by atoms with van der Waals surface area (Å²) in [6.45, 7) is 51.6. The molecule has 0 aliphatic carbocycles. The van der Waals surface area contributed by atoms with Gasteiger partial charge in [0.1, 0.15) is 34.8 Å². The van der Waals surface area contributed by atoms with E-state index < -0.39 is 18.1 Å². The Hall–Kier alpha value is -6.47. The summed E-state index contributed by atoms with van der Waals surface area (Å²) >= 11 is 16.9. The largest absolute Gasteiger partial charge is 0.573 e. The molecule has 0 spiro atoms. The molecule has 0 aliphatic rings. The number of halogens is 13. The summed E-state index contributed by atoms with van der Waals surface area (Å²) in [6.07, 6.45) is -8.86. The smallest absolute Gasteiger partial charge is 0.497 e. The predicted molar refractivity (Wildman–Crippen MR) is 399 cm³/mol. The van der Waals surface area contributed by atoms with Gasteiger partial charge in [-0.1, -0.05) is 286 Å². The Morgan fingerprint density at radius 3 is 0.899 bits per heavy atom. The molecule has 0 unspecified atom stereocenters. The Morgan fingerprint density at radius 1 is 0.283 bits per heavy atom. The lowest BCUT2D eigenvalue weighted by Gasteiger charge is -2.19. The van der Waals surface area contributed by atoms with Crippen molar-refractivity contribution in [2.45, 2.75) is 229 Å². The third-order valence-electron chi connectivity index (χ3n) is 15.0. The van der Waals surface area contributed by atoms with Gasteiger partial charge < -0.3 is 9.47 Å². The SMILES string of the molecule is CC(C)(C)c1ccc(C(F)(F)F)cc1.CC(C)(C)c1ccc(Cl)c(F)c1.CC(C)(C)c1ccc(Cl)cc1.CC(C)(C)c1ccc(Cl)cc1F.CC(C)(C)c1ccc(F)cc1.CC(C)(C)c1ccc(OC(F)(F)F)cc1.COc1ccc(C(C)(C)C)cc1.Cc1cc(C(C)(C)C)ccc1F. The van der Waals surface area contributed by atoms with Gasteiger partial charge in [0, 0.05) is 10.0 Å². The second kappa shape index (κ2) is 37.4. The summed E-state index contributed by atoms with van der Waals surface area (Å²) in [5.41, 5.74) is 9.00. The van der Waals surface area contributed by atoms with Crippen LogP contribution in [0.5, 0.6) is 11.5 Å². The molecule has 0 fully saturated rings. The van der Waals surface area contributed by atoms with E-state index in [-0.39, 0.29) is 77.4 Å². The topological polar surface area (TPSA) is 18.5 Å². The van der Waals surface area contributed by atoms with Crippen molar-refractivity contribution in [1.82, 2.24) is 0 Å². The Kier molecular flexibility index (Phi) is 34.3. The fraction of sp³-hybridized carbons (Fsp3) is 0.429. The highest BCUT2D eigenvalue weighted by Gasteiger charge is 2.32. The molecule has 0 aromatic heterocycles. The van der Waals surface area contributed by atoms with E-state index in [1.807, 2.05) is 138 Å². The fourth-order valence-corrected chi connectivity index (χ4v) is 8.88. The molecule has 8 aromatic rings. The van der Waals surface area contributed by atoms with Crippen LogP contribution >= 0.6 is 34.8 Å². The highest BCUT2D eigenvalue weighted by molar-refractivity contribution is 6.31. The molecule has 0 aliphatic heterocycles. The van der Waals surface area contributed by atoms with Crippen LogP contribution in [0.25, 0.3) is 0 Å². The molecule has 8 aromatic carbocycles. The van der Waals surface area contributed by atoms with E-state index in [0.29, 0.717) is 10.6 Å². The number of methoxy groups -OCH3 is 1. The van der Waals surface area contributed by atoms with Crippen molar-refractivity contribution >= 4 is 34.8 Å². The maximum absolute atomic E-state index is 13.3. The number of rotatable bonds is 2. The summed E-state index contributed by atoms with van der Waals surface area (Å²) in [5.74, 6) is -0.126. The van der Waals surface area contributed by atoms with Gasteiger partial charge in [0.15, 0.2) is 0 Å². The second-order valence-corrected chi connectivity index (χ2v) is 33.4. The van der Waals surface area contributed by atoms with Crippen molar-refractivity contribution in [1.29, 1.82) is 0 Å². The first-order chi connectivity index (χ1) is 44.7. The van der Waals surface area contributed by atoms with E-state index in [1.165, 1.54) is 76.9 Å². The van der Waals surface area contributed by atoms with E-state index in [0.717, 1.165) is 45.2 Å². The van der Waals surface area contributed by atoms with Crippen molar-refractivity contribution in [3.63, 3.8) is 0 Å². The number of hydrogen-bond donors (Lipinski definition) is 0.